The van der Waals surface area contributed by atoms with Crippen molar-refractivity contribution in [2.45, 2.75) is 19.9 Å². The minimum absolute atomic E-state index is 0.0737. The first kappa shape index (κ1) is 8.54. The van der Waals surface area contributed by atoms with E-state index in [1.54, 1.807) is 23.9 Å². The summed E-state index contributed by atoms with van der Waals surface area (Å²) in [6.07, 6.45) is 5.28. The lowest BCUT2D eigenvalue weighted by Crippen LogP contribution is -2.18. The predicted molar refractivity (Wildman–Crippen MR) is 46.6 cm³/mol. The third-order valence-corrected chi connectivity index (χ3v) is 1.46. The molecule has 0 aliphatic carbocycles. The van der Waals surface area contributed by atoms with Gasteiger partial charge in [-0.05, 0) is 6.92 Å². The minimum atomic E-state index is -0.0737. The van der Waals surface area contributed by atoms with Crippen LogP contribution in [0.1, 0.15) is 13.3 Å². The lowest BCUT2D eigenvalue weighted by molar-refractivity contribution is 0.681. The Labute approximate surface area is 71.1 Å². The number of rotatable bonds is 2. The molecule has 1 aromatic rings. The van der Waals surface area contributed by atoms with Crippen molar-refractivity contribution in [1.29, 1.82) is 0 Å². The van der Waals surface area contributed by atoms with E-state index in [-0.39, 0.29) is 5.56 Å². The number of aryl methyl sites for hydroxylation is 1. The third kappa shape index (κ3) is 2.24. The molecular weight excluding hydrogens is 152 g/mol. The molecule has 0 bridgehead atoms. The lowest BCUT2D eigenvalue weighted by Gasteiger charge is -1.98. The summed E-state index contributed by atoms with van der Waals surface area (Å²) in [5.74, 6) is 5.67. The van der Waals surface area contributed by atoms with Gasteiger partial charge < -0.3 is 4.57 Å². The van der Waals surface area contributed by atoms with Crippen molar-refractivity contribution in [2.24, 2.45) is 0 Å². The molecule has 3 heteroatoms. The second kappa shape index (κ2) is 4.35. The van der Waals surface area contributed by atoms with E-state index in [0.29, 0.717) is 13.0 Å². The molecule has 0 fully saturated rings. The molecule has 0 aliphatic rings. The van der Waals surface area contributed by atoms with Gasteiger partial charge in [0.15, 0.2) is 0 Å². The van der Waals surface area contributed by atoms with Crippen molar-refractivity contribution < 1.29 is 0 Å². The molecule has 3 nitrogen and oxygen atoms in total. The molecule has 0 radical (unpaired) electrons. The summed E-state index contributed by atoms with van der Waals surface area (Å²) in [6.45, 7) is 2.43. The topological polar surface area (TPSA) is 34.9 Å². The first-order chi connectivity index (χ1) is 5.84. The molecule has 1 rings (SSSR count). The SMILES string of the molecule is CC#CCCn1ccncc1=O. The summed E-state index contributed by atoms with van der Waals surface area (Å²) in [6, 6.07) is 0. The Morgan fingerprint density at radius 2 is 2.50 bits per heavy atom. The average Bonchev–Trinajstić information content (AvgIpc) is 2.09. The van der Waals surface area contributed by atoms with E-state index in [2.05, 4.69) is 16.8 Å². The molecule has 0 amide bonds. The zero-order valence-corrected chi connectivity index (χ0v) is 6.95. The second-order valence-electron chi connectivity index (χ2n) is 2.28. The number of hydrogen-bond acceptors (Lipinski definition) is 2. The first-order valence-electron chi connectivity index (χ1n) is 3.74. The standard InChI is InChI=1S/C9H10N2O/c1-2-3-4-6-11-7-5-10-8-9(11)12/h5,7-8H,4,6H2,1H3. The van der Waals surface area contributed by atoms with E-state index in [1.807, 2.05) is 0 Å². The maximum atomic E-state index is 11.1. The largest absolute Gasteiger partial charge is 0.312 e. The maximum absolute atomic E-state index is 11.1. The maximum Gasteiger partial charge on any atom is 0.269 e. The molecule has 0 N–H and O–H groups in total. The van der Waals surface area contributed by atoms with Crippen LogP contribution in [0.3, 0.4) is 0 Å². The average molecular weight is 162 g/mol. The van der Waals surface area contributed by atoms with Crippen LogP contribution in [0.2, 0.25) is 0 Å². The highest BCUT2D eigenvalue weighted by atomic mass is 16.1. The van der Waals surface area contributed by atoms with Gasteiger partial charge in [-0.2, -0.15) is 0 Å². The molecule has 0 unspecified atom stereocenters. The highest BCUT2D eigenvalue weighted by molar-refractivity contribution is 4.95. The molecule has 0 atom stereocenters. The molecule has 1 aromatic heterocycles. The van der Waals surface area contributed by atoms with Gasteiger partial charge in [-0.15, -0.1) is 11.8 Å². The van der Waals surface area contributed by atoms with E-state index in [0.717, 1.165) is 0 Å². The number of hydrogen-bond donors (Lipinski definition) is 0. The minimum Gasteiger partial charge on any atom is -0.312 e. The van der Waals surface area contributed by atoms with Gasteiger partial charge in [0.25, 0.3) is 5.56 Å². The molecule has 12 heavy (non-hydrogen) atoms. The van der Waals surface area contributed by atoms with Gasteiger partial charge in [0.1, 0.15) is 0 Å². The van der Waals surface area contributed by atoms with Crippen molar-refractivity contribution in [3.63, 3.8) is 0 Å². The van der Waals surface area contributed by atoms with Gasteiger partial charge in [0, 0.05) is 25.4 Å². The Balaban J connectivity index is 2.67. The van der Waals surface area contributed by atoms with Crippen LogP contribution >= 0.6 is 0 Å². The fraction of sp³-hybridized carbons (Fsp3) is 0.333. The summed E-state index contributed by atoms with van der Waals surface area (Å²) in [4.78, 5) is 14.8. The Hall–Kier alpha value is -1.56. The van der Waals surface area contributed by atoms with Crippen molar-refractivity contribution in [3.05, 3.63) is 28.9 Å². The number of aromatic nitrogens is 2. The Bertz CT molecular complexity index is 357. The van der Waals surface area contributed by atoms with Crippen LogP contribution in [-0.2, 0) is 6.54 Å². The number of nitrogens with zero attached hydrogens (tertiary/aromatic N) is 2. The van der Waals surface area contributed by atoms with E-state index < -0.39 is 0 Å². The Kier molecular flexibility index (Phi) is 3.09. The van der Waals surface area contributed by atoms with Crippen molar-refractivity contribution >= 4 is 0 Å². The van der Waals surface area contributed by atoms with Crippen LogP contribution in [0.5, 0.6) is 0 Å². The first-order valence-corrected chi connectivity index (χ1v) is 3.74. The van der Waals surface area contributed by atoms with Crippen molar-refractivity contribution in [2.75, 3.05) is 0 Å². The predicted octanol–water partition coefficient (Wildman–Crippen LogP) is 0.657. The lowest BCUT2D eigenvalue weighted by atomic mass is 10.4. The summed E-state index contributed by atoms with van der Waals surface area (Å²) in [5, 5.41) is 0. The normalized spacial score (nSPS) is 8.75. The summed E-state index contributed by atoms with van der Waals surface area (Å²) < 4.78 is 1.59. The van der Waals surface area contributed by atoms with Crippen LogP contribution in [0.15, 0.2) is 23.4 Å². The van der Waals surface area contributed by atoms with E-state index in [9.17, 15) is 4.79 Å². The third-order valence-electron chi connectivity index (χ3n) is 1.46. The smallest absolute Gasteiger partial charge is 0.269 e. The zero-order valence-electron chi connectivity index (χ0n) is 6.95. The fourth-order valence-corrected chi connectivity index (χ4v) is 0.859. The molecule has 0 spiro atoms. The van der Waals surface area contributed by atoms with Gasteiger partial charge >= 0.3 is 0 Å². The molecule has 0 aromatic carbocycles. The highest BCUT2D eigenvalue weighted by Gasteiger charge is 1.90. The fourth-order valence-electron chi connectivity index (χ4n) is 0.859. The van der Waals surface area contributed by atoms with Crippen LogP contribution in [-0.4, -0.2) is 9.55 Å². The van der Waals surface area contributed by atoms with Gasteiger partial charge in [0.2, 0.25) is 0 Å². The second-order valence-corrected chi connectivity index (χ2v) is 2.28. The molecular formula is C9H10N2O. The summed E-state index contributed by atoms with van der Waals surface area (Å²) >= 11 is 0. The molecule has 1 heterocycles. The molecule has 0 saturated carbocycles. The van der Waals surface area contributed by atoms with Gasteiger partial charge in [-0.3, -0.25) is 9.78 Å². The monoisotopic (exact) mass is 162 g/mol. The molecule has 62 valence electrons. The quantitative estimate of drug-likeness (QED) is 0.599. The summed E-state index contributed by atoms with van der Waals surface area (Å²) in [7, 11) is 0. The summed E-state index contributed by atoms with van der Waals surface area (Å²) in [5.41, 5.74) is -0.0737. The Morgan fingerprint density at radius 1 is 1.67 bits per heavy atom. The highest BCUT2D eigenvalue weighted by Crippen LogP contribution is 1.83. The molecule has 0 saturated heterocycles. The van der Waals surface area contributed by atoms with Crippen LogP contribution in [0.4, 0.5) is 0 Å². The van der Waals surface area contributed by atoms with E-state index in [4.69, 9.17) is 0 Å². The van der Waals surface area contributed by atoms with Gasteiger partial charge in [-0.1, -0.05) is 0 Å². The van der Waals surface area contributed by atoms with Crippen LogP contribution in [0.25, 0.3) is 0 Å². The van der Waals surface area contributed by atoms with Crippen LogP contribution in [0, 0.1) is 11.8 Å². The zero-order chi connectivity index (χ0) is 8.81. The van der Waals surface area contributed by atoms with Gasteiger partial charge in [-0.25, -0.2) is 0 Å². The van der Waals surface area contributed by atoms with E-state index in [1.165, 1.54) is 6.20 Å². The Morgan fingerprint density at radius 3 is 3.17 bits per heavy atom. The van der Waals surface area contributed by atoms with Crippen molar-refractivity contribution in [1.82, 2.24) is 9.55 Å². The van der Waals surface area contributed by atoms with E-state index >= 15 is 0 Å². The van der Waals surface area contributed by atoms with Crippen molar-refractivity contribution in [3.8, 4) is 11.8 Å². The van der Waals surface area contributed by atoms with Gasteiger partial charge in [0.05, 0.1) is 6.20 Å². The van der Waals surface area contributed by atoms with Crippen LogP contribution < -0.4 is 5.56 Å². The molecule has 0 aliphatic heterocycles.